The van der Waals surface area contributed by atoms with Crippen LogP contribution in [0.15, 0.2) is 42.5 Å². The quantitative estimate of drug-likeness (QED) is 0.248. The Balaban J connectivity index is 1.22. The second kappa shape index (κ2) is 13.3. The van der Waals surface area contributed by atoms with Gasteiger partial charge in [-0.05, 0) is 121 Å². The molecule has 2 saturated carbocycles. The van der Waals surface area contributed by atoms with E-state index < -0.39 is 0 Å². The van der Waals surface area contributed by atoms with Gasteiger partial charge < -0.3 is 15.1 Å². The van der Waals surface area contributed by atoms with Crippen molar-refractivity contribution in [2.45, 2.75) is 89.6 Å². The molecule has 5 rings (SSSR count). The number of thioether (sulfide) groups is 1. The first-order valence-corrected chi connectivity index (χ1v) is 16.9. The fourth-order valence-corrected chi connectivity index (χ4v) is 8.91. The van der Waals surface area contributed by atoms with Crippen molar-refractivity contribution in [2.75, 3.05) is 25.1 Å². The zero-order chi connectivity index (χ0) is 29.0. The Hall–Kier alpha value is -2.42. The van der Waals surface area contributed by atoms with Crippen molar-refractivity contribution in [3.8, 4) is 17.6 Å². The minimum Gasteiger partial charge on any atom is -0.508 e. The molecule has 0 radical (unpaired) electrons. The van der Waals surface area contributed by atoms with Crippen LogP contribution in [-0.2, 0) is 11.2 Å². The summed E-state index contributed by atoms with van der Waals surface area (Å²) in [6.45, 7) is 5.33. The molecule has 220 valence electrons. The first-order chi connectivity index (χ1) is 19.8. The van der Waals surface area contributed by atoms with Crippen molar-refractivity contribution >= 4 is 17.7 Å². The second-order valence-corrected chi connectivity index (χ2v) is 14.0. The van der Waals surface area contributed by atoms with Gasteiger partial charge in [-0.3, -0.25) is 4.79 Å². The Kier molecular flexibility index (Phi) is 9.72. The van der Waals surface area contributed by atoms with Crippen molar-refractivity contribution in [3.63, 3.8) is 0 Å². The van der Waals surface area contributed by atoms with Gasteiger partial charge in [0.2, 0.25) is 5.91 Å². The maximum atomic E-state index is 12.2. The van der Waals surface area contributed by atoms with E-state index in [2.05, 4.69) is 56.0 Å². The molecule has 0 saturated heterocycles. The van der Waals surface area contributed by atoms with E-state index in [1.54, 1.807) is 11.8 Å². The molecule has 2 N–H and O–H groups in total. The van der Waals surface area contributed by atoms with Crippen molar-refractivity contribution in [2.24, 2.45) is 17.3 Å². The fraction of sp³-hybridized carbons (Fsp3) is 0.583. The number of hydrogen-bond donors (Lipinski definition) is 2. The summed E-state index contributed by atoms with van der Waals surface area (Å²) in [5.41, 5.74) is 5.05. The Morgan fingerprint density at radius 3 is 2.71 bits per heavy atom. The lowest BCUT2D eigenvalue weighted by atomic mass is 9.51. The number of fused-ring (bicyclic) bond motifs is 5. The Labute approximate surface area is 251 Å². The predicted molar refractivity (Wildman–Crippen MR) is 169 cm³/mol. The van der Waals surface area contributed by atoms with E-state index >= 15 is 0 Å². The Morgan fingerprint density at radius 2 is 1.93 bits per heavy atom. The number of benzene rings is 2. The predicted octanol–water partition coefficient (Wildman–Crippen LogP) is 7.13. The summed E-state index contributed by atoms with van der Waals surface area (Å²) in [6.07, 6.45) is 8.96. The number of aliphatic hydroxyl groups excluding tert-OH is 1. The number of aryl methyl sites for hydroxylation is 1. The third-order valence-corrected chi connectivity index (χ3v) is 11.4. The molecule has 6 atom stereocenters. The minimum atomic E-state index is -0.222. The highest BCUT2D eigenvalue weighted by Gasteiger charge is 2.57. The van der Waals surface area contributed by atoms with Gasteiger partial charge in [0, 0.05) is 25.6 Å². The lowest BCUT2D eigenvalue weighted by Gasteiger charge is -2.54. The average molecular weight is 574 g/mol. The molecule has 0 aliphatic heterocycles. The summed E-state index contributed by atoms with van der Waals surface area (Å²) in [4.78, 5) is 14.0. The van der Waals surface area contributed by atoms with E-state index in [0.717, 1.165) is 75.6 Å². The molecule has 2 aromatic rings. The number of unbranched alkanes of at least 4 members (excludes halogenated alkanes) is 2. The van der Waals surface area contributed by atoms with Crippen LogP contribution in [0, 0.1) is 29.1 Å². The van der Waals surface area contributed by atoms with Crippen LogP contribution in [0.25, 0.3) is 0 Å². The van der Waals surface area contributed by atoms with E-state index in [0.29, 0.717) is 35.2 Å². The summed E-state index contributed by atoms with van der Waals surface area (Å²) in [5.74, 6) is 10.7. The number of amides is 1. The normalized spacial score (nSPS) is 28.1. The fourth-order valence-electron chi connectivity index (χ4n) is 8.02. The number of carbonyl (C=O) groups is 1. The van der Waals surface area contributed by atoms with Gasteiger partial charge in [-0.25, -0.2) is 0 Å². The van der Waals surface area contributed by atoms with Gasteiger partial charge in [-0.1, -0.05) is 50.3 Å². The van der Waals surface area contributed by atoms with Gasteiger partial charge in [0.15, 0.2) is 0 Å². The Morgan fingerprint density at radius 1 is 1.12 bits per heavy atom. The summed E-state index contributed by atoms with van der Waals surface area (Å²) >= 11 is 1.71. The highest BCUT2D eigenvalue weighted by atomic mass is 32.2. The van der Waals surface area contributed by atoms with E-state index in [-0.39, 0.29) is 17.4 Å². The minimum absolute atomic E-state index is 0.0354. The summed E-state index contributed by atoms with van der Waals surface area (Å²) in [6, 6.07) is 14.9. The largest absolute Gasteiger partial charge is 0.508 e. The third-order valence-electron chi connectivity index (χ3n) is 10.3. The zero-order valence-corrected chi connectivity index (χ0v) is 25.9. The van der Waals surface area contributed by atoms with Gasteiger partial charge in [0.25, 0.3) is 0 Å². The molecule has 0 bridgehead atoms. The van der Waals surface area contributed by atoms with Crippen LogP contribution in [0.4, 0.5) is 0 Å². The summed E-state index contributed by atoms with van der Waals surface area (Å²) in [5, 5.41) is 21.3. The first kappa shape index (κ1) is 30.1. The van der Waals surface area contributed by atoms with Crippen LogP contribution in [-0.4, -0.2) is 52.2 Å². The molecule has 2 aromatic carbocycles. The second-order valence-electron chi connectivity index (χ2n) is 12.9. The summed E-state index contributed by atoms with van der Waals surface area (Å²) < 4.78 is 0. The molecule has 3 aliphatic carbocycles. The van der Waals surface area contributed by atoms with Crippen LogP contribution in [0.1, 0.15) is 99.3 Å². The van der Waals surface area contributed by atoms with E-state index in [1.807, 2.05) is 24.1 Å². The molecular weight excluding hydrogens is 526 g/mol. The standard InChI is InChI=1S/C36H47NO3S/c1-4-5-20-37(3)34(40)24-41-21-8-6-7-9-25-10-12-26(13-11-25)31-23-36(2)32(18-19-33(36)39)30-16-14-27-22-28(38)15-17-29(27)35(30)31/h10-13,15,17,22,30-33,35,38-39H,4-6,8,14,16,18-21,23-24H2,1-3H3/t30?,31-,32?,33+,35?,36+/m1/s1. The molecule has 0 heterocycles. The maximum absolute atomic E-state index is 12.2. The van der Waals surface area contributed by atoms with Crippen molar-refractivity contribution in [1.82, 2.24) is 4.90 Å². The first-order valence-electron chi connectivity index (χ1n) is 15.7. The number of nitrogens with zero attached hydrogens (tertiary/aromatic N) is 1. The molecule has 0 aromatic heterocycles. The molecule has 1 amide bonds. The van der Waals surface area contributed by atoms with Gasteiger partial charge in [0.05, 0.1) is 11.9 Å². The maximum Gasteiger partial charge on any atom is 0.232 e. The van der Waals surface area contributed by atoms with E-state index in [4.69, 9.17) is 0 Å². The Bertz CT molecular complexity index is 1260. The van der Waals surface area contributed by atoms with Crippen LogP contribution < -0.4 is 0 Å². The number of hydrogen-bond acceptors (Lipinski definition) is 4. The van der Waals surface area contributed by atoms with Crippen LogP contribution >= 0.6 is 11.8 Å². The molecule has 2 fully saturated rings. The zero-order valence-electron chi connectivity index (χ0n) is 25.1. The third kappa shape index (κ3) is 6.50. The highest BCUT2D eigenvalue weighted by molar-refractivity contribution is 7.99. The lowest BCUT2D eigenvalue weighted by molar-refractivity contribution is -0.127. The monoisotopic (exact) mass is 573 g/mol. The summed E-state index contributed by atoms with van der Waals surface area (Å²) in [7, 11) is 1.90. The van der Waals surface area contributed by atoms with Crippen LogP contribution in [0.2, 0.25) is 0 Å². The number of rotatable bonds is 9. The molecule has 4 nitrogen and oxygen atoms in total. The van der Waals surface area contributed by atoms with Gasteiger partial charge in [0.1, 0.15) is 5.75 Å². The van der Waals surface area contributed by atoms with Gasteiger partial charge in [-0.15, -0.1) is 0 Å². The number of phenols is 1. The molecule has 3 aliphatic rings. The molecular formula is C36H47NO3S. The molecule has 3 unspecified atom stereocenters. The average Bonchev–Trinajstić information content (AvgIpc) is 3.28. The van der Waals surface area contributed by atoms with Crippen LogP contribution in [0.5, 0.6) is 5.75 Å². The van der Waals surface area contributed by atoms with Crippen molar-refractivity contribution in [3.05, 3.63) is 64.7 Å². The van der Waals surface area contributed by atoms with Crippen molar-refractivity contribution < 1.29 is 15.0 Å². The number of phenolic OH excluding ortho intramolecular Hbond substituents is 1. The number of carbonyl (C=O) groups excluding carboxylic acids is 1. The SMILES string of the molecule is CCCCN(C)C(=O)CSCCCC#Cc1ccc([C@H]2C[C@@]3(C)C(CC[C@@H]3O)C3CCc4cc(O)ccc4C32)cc1. The molecule has 5 heteroatoms. The number of aliphatic hydroxyl groups is 1. The van der Waals surface area contributed by atoms with Gasteiger partial charge >= 0.3 is 0 Å². The smallest absolute Gasteiger partial charge is 0.232 e. The topological polar surface area (TPSA) is 60.8 Å². The van der Waals surface area contributed by atoms with E-state index in [9.17, 15) is 15.0 Å². The van der Waals surface area contributed by atoms with E-state index in [1.165, 1.54) is 16.7 Å². The highest BCUT2D eigenvalue weighted by Crippen LogP contribution is 2.65. The molecule has 41 heavy (non-hydrogen) atoms. The molecule has 0 spiro atoms. The number of aromatic hydroxyl groups is 1. The van der Waals surface area contributed by atoms with Crippen molar-refractivity contribution in [1.29, 1.82) is 0 Å². The lowest BCUT2D eigenvalue weighted by Crippen LogP contribution is -2.47. The van der Waals surface area contributed by atoms with Crippen LogP contribution in [0.3, 0.4) is 0 Å². The van der Waals surface area contributed by atoms with Gasteiger partial charge in [-0.2, -0.15) is 11.8 Å².